The van der Waals surface area contributed by atoms with Crippen LogP contribution in [0.2, 0.25) is 0 Å². The number of rotatable bonds is 8. The highest BCUT2D eigenvalue weighted by molar-refractivity contribution is 6.05. The van der Waals surface area contributed by atoms with Gasteiger partial charge in [0.25, 0.3) is 11.8 Å². The van der Waals surface area contributed by atoms with E-state index < -0.39 is 0 Å². The van der Waals surface area contributed by atoms with Crippen LogP contribution in [0.15, 0.2) is 36.5 Å². The van der Waals surface area contributed by atoms with Crippen molar-refractivity contribution in [3.05, 3.63) is 47.8 Å². The van der Waals surface area contributed by atoms with Crippen LogP contribution in [-0.2, 0) is 4.74 Å². The lowest BCUT2D eigenvalue weighted by atomic mass is 10.2. The van der Waals surface area contributed by atoms with Crippen molar-refractivity contribution in [2.75, 3.05) is 39.8 Å². The van der Waals surface area contributed by atoms with Crippen LogP contribution in [-0.4, -0.2) is 51.3 Å². The van der Waals surface area contributed by atoms with Gasteiger partial charge in [-0.2, -0.15) is 0 Å². The molecule has 2 rings (SSSR count). The first-order valence-electron chi connectivity index (χ1n) is 7.85. The second kappa shape index (κ2) is 9.38. The fraction of sp³-hybridized carbons (Fsp3) is 0.278. The van der Waals surface area contributed by atoms with Gasteiger partial charge < -0.3 is 24.8 Å². The van der Waals surface area contributed by atoms with E-state index in [1.54, 1.807) is 25.3 Å². The maximum absolute atomic E-state index is 12.4. The summed E-state index contributed by atoms with van der Waals surface area (Å²) in [5.41, 5.74) is 1.00. The SMILES string of the molecule is COCCNC(=O)c1cc(C(=O)Nc2ccc(OC)c(OC)c2)ccn1. The predicted molar refractivity (Wildman–Crippen MR) is 95.9 cm³/mol. The molecule has 0 spiro atoms. The molecule has 138 valence electrons. The molecule has 0 aliphatic carbocycles. The Bertz CT molecular complexity index is 779. The molecule has 2 amide bonds. The zero-order valence-electron chi connectivity index (χ0n) is 14.9. The molecule has 0 unspecified atom stereocenters. The first kappa shape index (κ1) is 19.2. The monoisotopic (exact) mass is 359 g/mol. The highest BCUT2D eigenvalue weighted by Crippen LogP contribution is 2.29. The van der Waals surface area contributed by atoms with Crippen molar-refractivity contribution in [3.63, 3.8) is 0 Å². The number of amides is 2. The van der Waals surface area contributed by atoms with Crippen molar-refractivity contribution in [1.82, 2.24) is 10.3 Å². The molecule has 0 fully saturated rings. The molecule has 0 radical (unpaired) electrons. The summed E-state index contributed by atoms with van der Waals surface area (Å²) in [5, 5.41) is 5.40. The van der Waals surface area contributed by atoms with Gasteiger partial charge in [0.1, 0.15) is 5.69 Å². The van der Waals surface area contributed by atoms with Gasteiger partial charge in [-0.1, -0.05) is 0 Å². The molecule has 2 aromatic rings. The molecule has 1 aromatic heterocycles. The minimum atomic E-state index is -0.372. The smallest absolute Gasteiger partial charge is 0.269 e. The molecule has 0 saturated heterocycles. The average Bonchev–Trinajstić information content (AvgIpc) is 2.68. The lowest BCUT2D eigenvalue weighted by Gasteiger charge is -2.11. The van der Waals surface area contributed by atoms with Crippen molar-refractivity contribution < 1.29 is 23.8 Å². The Labute approximate surface area is 151 Å². The van der Waals surface area contributed by atoms with Gasteiger partial charge in [-0.3, -0.25) is 14.6 Å². The number of benzene rings is 1. The molecule has 8 heteroatoms. The zero-order chi connectivity index (χ0) is 18.9. The maximum Gasteiger partial charge on any atom is 0.269 e. The summed E-state index contributed by atoms with van der Waals surface area (Å²) in [4.78, 5) is 28.4. The molecule has 26 heavy (non-hydrogen) atoms. The first-order valence-corrected chi connectivity index (χ1v) is 7.85. The van der Waals surface area contributed by atoms with Crippen LogP contribution in [0.4, 0.5) is 5.69 Å². The van der Waals surface area contributed by atoms with Crippen molar-refractivity contribution in [3.8, 4) is 11.5 Å². The van der Waals surface area contributed by atoms with Gasteiger partial charge >= 0.3 is 0 Å². The number of carbonyl (C=O) groups is 2. The van der Waals surface area contributed by atoms with Gasteiger partial charge in [0.2, 0.25) is 0 Å². The van der Waals surface area contributed by atoms with Crippen molar-refractivity contribution in [2.24, 2.45) is 0 Å². The van der Waals surface area contributed by atoms with E-state index in [1.807, 2.05) is 0 Å². The number of methoxy groups -OCH3 is 3. The number of nitrogens with zero attached hydrogens (tertiary/aromatic N) is 1. The summed E-state index contributed by atoms with van der Waals surface area (Å²) in [5.74, 6) is 0.316. The number of nitrogens with one attached hydrogen (secondary N) is 2. The summed E-state index contributed by atoms with van der Waals surface area (Å²) in [7, 11) is 4.59. The van der Waals surface area contributed by atoms with E-state index in [0.717, 1.165) is 0 Å². The van der Waals surface area contributed by atoms with Crippen LogP contribution >= 0.6 is 0 Å². The van der Waals surface area contributed by atoms with Crippen molar-refractivity contribution in [1.29, 1.82) is 0 Å². The predicted octanol–water partition coefficient (Wildman–Crippen LogP) is 1.73. The third-order valence-corrected chi connectivity index (χ3v) is 3.49. The normalized spacial score (nSPS) is 10.1. The Morgan fingerprint density at radius 1 is 1.00 bits per heavy atom. The van der Waals surface area contributed by atoms with E-state index in [1.165, 1.54) is 32.5 Å². The summed E-state index contributed by atoms with van der Waals surface area (Å²) in [6, 6.07) is 7.99. The number of ether oxygens (including phenoxy) is 3. The maximum atomic E-state index is 12.4. The van der Waals surface area contributed by atoms with Gasteiger partial charge in [-0.15, -0.1) is 0 Å². The largest absolute Gasteiger partial charge is 0.493 e. The number of hydrogen-bond donors (Lipinski definition) is 2. The van der Waals surface area contributed by atoms with Gasteiger partial charge in [0.15, 0.2) is 11.5 Å². The summed E-state index contributed by atoms with van der Waals surface area (Å²) >= 11 is 0. The highest BCUT2D eigenvalue weighted by Gasteiger charge is 2.13. The molecule has 1 heterocycles. The minimum absolute atomic E-state index is 0.154. The molecule has 8 nitrogen and oxygen atoms in total. The topological polar surface area (TPSA) is 98.8 Å². The van der Waals surface area contributed by atoms with Crippen LogP contribution in [0.5, 0.6) is 11.5 Å². The van der Waals surface area contributed by atoms with Crippen LogP contribution in [0, 0.1) is 0 Å². The van der Waals surface area contributed by atoms with Gasteiger partial charge in [-0.25, -0.2) is 0 Å². The molecular formula is C18H21N3O5. The van der Waals surface area contributed by atoms with Crippen molar-refractivity contribution >= 4 is 17.5 Å². The Morgan fingerprint density at radius 2 is 1.77 bits per heavy atom. The van der Waals surface area contributed by atoms with E-state index in [0.29, 0.717) is 35.9 Å². The van der Waals surface area contributed by atoms with Crippen LogP contribution in [0.1, 0.15) is 20.8 Å². The second-order valence-electron chi connectivity index (χ2n) is 5.20. The Hall–Kier alpha value is -3.13. The van der Waals surface area contributed by atoms with E-state index in [2.05, 4.69) is 15.6 Å². The van der Waals surface area contributed by atoms with Crippen LogP contribution in [0.25, 0.3) is 0 Å². The first-order chi connectivity index (χ1) is 12.6. The van der Waals surface area contributed by atoms with Crippen LogP contribution in [0.3, 0.4) is 0 Å². The molecule has 1 aromatic carbocycles. The molecule has 0 bridgehead atoms. The average molecular weight is 359 g/mol. The second-order valence-corrected chi connectivity index (χ2v) is 5.20. The number of anilines is 1. The fourth-order valence-electron chi connectivity index (χ4n) is 2.17. The summed E-state index contributed by atoms with van der Waals surface area (Å²) in [6.07, 6.45) is 1.41. The lowest BCUT2D eigenvalue weighted by molar-refractivity contribution is 0.0932. The van der Waals surface area contributed by atoms with E-state index in [-0.39, 0.29) is 17.5 Å². The van der Waals surface area contributed by atoms with Gasteiger partial charge in [-0.05, 0) is 24.3 Å². The molecule has 0 aliphatic heterocycles. The molecule has 0 atom stereocenters. The van der Waals surface area contributed by atoms with Crippen LogP contribution < -0.4 is 20.1 Å². The number of hydrogen-bond acceptors (Lipinski definition) is 6. The Kier molecular flexibility index (Phi) is 6.92. The van der Waals surface area contributed by atoms with Gasteiger partial charge in [0.05, 0.1) is 20.8 Å². The number of pyridine rings is 1. The lowest BCUT2D eigenvalue weighted by Crippen LogP contribution is -2.28. The minimum Gasteiger partial charge on any atom is -0.493 e. The molecule has 0 aliphatic rings. The third-order valence-electron chi connectivity index (χ3n) is 3.49. The summed E-state index contributed by atoms with van der Waals surface area (Å²) in [6.45, 7) is 0.754. The molecular weight excluding hydrogens is 338 g/mol. The van der Waals surface area contributed by atoms with E-state index in [9.17, 15) is 9.59 Å². The summed E-state index contributed by atoms with van der Waals surface area (Å²) < 4.78 is 15.2. The third kappa shape index (κ3) is 4.93. The highest BCUT2D eigenvalue weighted by atomic mass is 16.5. The standard InChI is InChI=1S/C18H21N3O5/c1-24-9-8-20-18(23)14-10-12(6-7-19-14)17(22)21-13-4-5-15(25-2)16(11-13)26-3/h4-7,10-11H,8-9H2,1-3H3,(H,20,23)(H,21,22). The molecule has 0 saturated carbocycles. The number of carbonyl (C=O) groups excluding carboxylic acids is 2. The number of aromatic nitrogens is 1. The fourth-order valence-corrected chi connectivity index (χ4v) is 2.17. The van der Waals surface area contributed by atoms with Crippen molar-refractivity contribution in [2.45, 2.75) is 0 Å². The molecule has 2 N–H and O–H groups in total. The van der Waals surface area contributed by atoms with E-state index >= 15 is 0 Å². The van der Waals surface area contributed by atoms with Gasteiger partial charge in [0, 0.05) is 37.2 Å². The van der Waals surface area contributed by atoms with E-state index in [4.69, 9.17) is 14.2 Å². The quantitative estimate of drug-likeness (QED) is 0.697. The Balaban J connectivity index is 2.10. The Morgan fingerprint density at radius 3 is 2.46 bits per heavy atom. The zero-order valence-corrected chi connectivity index (χ0v) is 14.9.